The van der Waals surface area contributed by atoms with Crippen LogP contribution in [0.1, 0.15) is 30.2 Å². The van der Waals surface area contributed by atoms with Crippen molar-refractivity contribution < 1.29 is 13.9 Å². The first kappa shape index (κ1) is 13.1. The van der Waals surface area contributed by atoms with Crippen molar-refractivity contribution >= 4 is 0 Å². The van der Waals surface area contributed by atoms with Crippen LogP contribution in [0.2, 0.25) is 0 Å². The van der Waals surface area contributed by atoms with Gasteiger partial charge in [-0.1, -0.05) is 0 Å². The Morgan fingerprint density at radius 2 is 2.05 bits per heavy atom. The van der Waals surface area contributed by atoms with Crippen LogP contribution >= 0.6 is 0 Å². The Kier molecular flexibility index (Phi) is 3.64. The predicted octanol–water partition coefficient (Wildman–Crippen LogP) is 2.34. The molecule has 2 aromatic rings. The lowest BCUT2D eigenvalue weighted by atomic mass is 10.0. The largest absolute Gasteiger partial charge is 0.496 e. The van der Waals surface area contributed by atoms with Crippen LogP contribution in [-0.2, 0) is 4.74 Å². The summed E-state index contributed by atoms with van der Waals surface area (Å²) in [7, 11) is 1.63. The predicted molar refractivity (Wildman–Crippen MR) is 71.6 cm³/mol. The van der Waals surface area contributed by atoms with Crippen LogP contribution < -0.4 is 4.74 Å². The van der Waals surface area contributed by atoms with Gasteiger partial charge in [-0.2, -0.15) is 0 Å². The topological polar surface area (TPSA) is 70.3 Å². The molecule has 3 rings (SSSR count). The second-order valence-corrected chi connectivity index (χ2v) is 4.87. The lowest BCUT2D eigenvalue weighted by Gasteiger charge is -2.18. The molecule has 6 nitrogen and oxygen atoms in total. The number of aryl methyl sites for hydroxylation is 1. The number of aromatic nitrogens is 3. The van der Waals surface area contributed by atoms with Crippen LogP contribution in [0.4, 0.5) is 0 Å². The third-order valence-electron chi connectivity index (χ3n) is 3.50. The van der Waals surface area contributed by atoms with E-state index in [9.17, 15) is 0 Å². The summed E-state index contributed by atoms with van der Waals surface area (Å²) in [5.41, 5.74) is 1.61. The molecule has 1 aliphatic heterocycles. The fourth-order valence-corrected chi connectivity index (χ4v) is 2.29. The second-order valence-electron chi connectivity index (χ2n) is 4.87. The van der Waals surface area contributed by atoms with Crippen molar-refractivity contribution in [3.63, 3.8) is 0 Å². The molecule has 0 amide bonds. The van der Waals surface area contributed by atoms with E-state index in [0.717, 1.165) is 37.4 Å². The number of rotatable bonds is 3. The molecule has 0 unspecified atom stereocenters. The number of ether oxygens (including phenoxy) is 2. The highest BCUT2D eigenvalue weighted by Gasteiger charge is 2.22. The number of methoxy groups -OCH3 is 1. The molecule has 0 radical (unpaired) electrons. The van der Waals surface area contributed by atoms with Gasteiger partial charge in [-0.15, -0.1) is 10.2 Å². The molecule has 0 saturated carbocycles. The van der Waals surface area contributed by atoms with Crippen LogP contribution in [-0.4, -0.2) is 35.5 Å². The second kappa shape index (κ2) is 5.58. The van der Waals surface area contributed by atoms with Crippen LogP contribution in [0.3, 0.4) is 0 Å². The van der Waals surface area contributed by atoms with Gasteiger partial charge in [0.2, 0.25) is 5.89 Å². The molecule has 0 aromatic carbocycles. The molecule has 1 fully saturated rings. The van der Waals surface area contributed by atoms with E-state index >= 15 is 0 Å². The third-order valence-corrected chi connectivity index (χ3v) is 3.50. The van der Waals surface area contributed by atoms with Crippen LogP contribution in [0, 0.1) is 6.92 Å². The zero-order chi connectivity index (χ0) is 13.9. The van der Waals surface area contributed by atoms with Gasteiger partial charge in [-0.05, 0) is 19.8 Å². The van der Waals surface area contributed by atoms with Crippen molar-refractivity contribution in [2.24, 2.45) is 0 Å². The van der Waals surface area contributed by atoms with Crippen LogP contribution in [0.5, 0.6) is 5.75 Å². The summed E-state index contributed by atoms with van der Waals surface area (Å²) in [6.45, 7) is 3.44. The van der Waals surface area contributed by atoms with E-state index in [-0.39, 0.29) is 5.92 Å². The fourth-order valence-electron chi connectivity index (χ4n) is 2.29. The molecule has 106 valence electrons. The van der Waals surface area contributed by atoms with Crippen LogP contribution in [0.15, 0.2) is 16.7 Å². The highest BCUT2D eigenvalue weighted by atomic mass is 16.5. The molecule has 1 aliphatic rings. The molecule has 2 aromatic heterocycles. The minimum absolute atomic E-state index is 0.289. The lowest BCUT2D eigenvalue weighted by Crippen LogP contribution is -2.14. The van der Waals surface area contributed by atoms with E-state index < -0.39 is 0 Å². The molecule has 0 bridgehead atoms. The van der Waals surface area contributed by atoms with Gasteiger partial charge in [0.25, 0.3) is 5.89 Å². The standard InChI is InChI=1S/C14H17N3O3/c1-9-8-15-11(7-12(9)18-2)14-17-16-13(20-14)10-3-5-19-6-4-10/h7-8,10H,3-6H2,1-2H3. The van der Waals surface area contributed by atoms with Gasteiger partial charge in [0.1, 0.15) is 11.4 Å². The molecule has 0 N–H and O–H groups in total. The highest BCUT2D eigenvalue weighted by Crippen LogP contribution is 2.29. The summed E-state index contributed by atoms with van der Waals surface area (Å²) in [6, 6.07) is 1.82. The maximum atomic E-state index is 5.75. The van der Waals surface area contributed by atoms with Crippen molar-refractivity contribution in [3.8, 4) is 17.3 Å². The molecule has 1 saturated heterocycles. The average Bonchev–Trinajstić information content (AvgIpc) is 2.98. The molecule has 0 aliphatic carbocycles. The Bertz CT molecular complexity index is 591. The molecular weight excluding hydrogens is 258 g/mol. The van der Waals surface area contributed by atoms with Gasteiger partial charge in [-0.25, -0.2) is 0 Å². The summed E-state index contributed by atoms with van der Waals surface area (Å²) >= 11 is 0. The number of hydrogen-bond donors (Lipinski definition) is 0. The SMILES string of the molecule is COc1cc(-c2nnc(C3CCOCC3)o2)ncc1C. The van der Waals surface area contributed by atoms with Gasteiger partial charge < -0.3 is 13.9 Å². The fraction of sp³-hybridized carbons (Fsp3) is 0.500. The van der Waals surface area contributed by atoms with E-state index in [2.05, 4.69) is 15.2 Å². The van der Waals surface area contributed by atoms with E-state index in [1.165, 1.54) is 0 Å². The minimum Gasteiger partial charge on any atom is -0.496 e. The van der Waals surface area contributed by atoms with Crippen molar-refractivity contribution in [3.05, 3.63) is 23.7 Å². The monoisotopic (exact) mass is 275 g/mol. The van der Waals surface area contributed by atoms with E-state index in [1.807, 2.05) is 13.0 Å². The van der Waals surface area contributed by atoms with Gasteiger partial charge >= 0.3 is 0 Å². The van der Waals surface area contributed by atoms with Gasteiger partial charge in [-0.3, -0.25) is 4.98 Å². The average molecular weight is 275 g/mol. The van der Waals surface area contributed by atoms with Gasteiger partial charge in [0.15, 0.2) is 0 Å². The summed E-state index contributed by atoms with van der Waals surface area (Å²) < 4.78 is 16.4. The Morgan fingerprint density at radius 3 is 2.80 bits per heavy atom. The van der Waals surface area contributed by atoms with Gasteiger partial charge in [0, 0.05) is 37.0 Å². The first-order valence-corrected chi connectivity index (χ1v) is 6.70. The smallest absolute Gasteiger partial charge is 0.266 e. The minimum atomic E-state index is 0.289. The molecule has 3 heterocycles. The van der Waals surface area contributed by atoms with Crippen LogP contribution in [0.25, 0.3) is 11.6 Å². The Hall–Kier alpha value is -1.95. The summed E-state index contributed by atoms with van der Waals surface area (Å²) in [4.78, 5) is 4.31. The Labute approximate surface area is 117 Å². The zero-order valence-corrected chi connectivity index (χ0v) is 11.6. The molecular formula is C14H17N3O3. The summed E-state index contributed by atoms with van der Waals surface area (Å²) in [5, 5.41) is 8.23. The van der Waals surface area contributed by atoms with E-state index in [4.69, 9.17) is 13.9 Å². The molecule has 20 heavy (non-hydrogen) atoms. The number of nitrogens with zero attached hydrogens (tertiary/aromatic N) is 3. The van der Waals surface area contributed by atoms with E-state index in [1.54, 1.807) is 13.3 Å². The normalized spacial score (nSPS) is 16.3. The zero-order valence-electron chi connectivity index (χ0n) is 11.6. The maximum absolute atomic E-state index is 5.75. The number of hydrogen-bond acceptors (Lipinski definition) is 6. The highest BCUT2D eigenvalue weighted by molar-refractivity contribution is 5.51. The summed E-state index contributed by atoms with van der Waals surface area (Å²) in [5.74, 6) is 2.16. The van der Waals surface area contributed by atoms with Crippen molar-refractivity contribution in [1.82, 2.24) is 15.2 Å². The third kappa shape index (κ3) is 2.51. The molecule has 0 atom stereocenters. The molecule has 6 heteroatoms. The van der Waals surface area contributed by atoms with Gasteiger partial charge in [0.05, 0.1) is 7.11 Å². The van der Waals surface area contributed by atoms with E-state index in [0.29, 0.717) is 17.5 Å². The Morgan fingerprint density at radius 1 is 1.25 bits per heavy atom. The first-order chi connectivity index (χ1) is 9.78. The number of pyridine rings is 1. The molecule has 0 spiro atoms. The lowest BCUT2D eigenvalue weighted by molar-refractivity contribution is 0.0795. The van der Waals surface area contributed by atoms with Crippen molar-refractivity contribution in [2.75, 3.05) is 20.3 Å². The van der Waals surface area contributed by atoms with Crippen molar-refractivity contribution in [1.29, 1.82) is 0 Å². The Balaban J connectivity index is 1.85. The summed E-state index contributed by atoms with van der Waals surface area (Å²) in [6.07, 6.45) is 3.59. The quantitative estimate of drug-likeness (QED) is 0.856. The first-order valence-electron chi connectivity index (χ1n) is 6.70. The maximum Gasteiger partial charge on any atom is 0.266 e. The van der Waals surface area contributed by atoms with Crippen molar-refractivity contribution in [2.45, 2.75) is 25.7 Å².